The van der Waals surface area contributed by atoms with Gasteiger partial charge in [-0.2, -0.15) is 0 Å². The standard InChI is InChI=1S/C29H39N3O8/c1-15-10-11-22(34)17(3)13-18(4)27(40-29(30)38)24(39-6)9-7-8-16(2)28(37)32-21-14-23(35)25(31-19(5)33)20(12-15)26(21)36/h7-9,13-15,17,22,24,27,34H,10-12H2,1-6H3,(H2,30,38)(H,31,33)(H,32,37)/b9-7-,16-8+,18-13+/t15-,17-,22-,24-,27-/m0/s1. The van der Waals surface area contributed by atoms with Gasteiger partial charge in [-0.15, -0.1) is 0 Å². The quantitative estimate of drug-likeness (QED) is 0.302. The third kappa shape index (κ3) is 8.85. The highest BCUT2D eigenvalue weighted by Gasteiger charge is 2.32. The van der Waals surface area contributed by atoms with Gasteiger partial charge >= 0.3 is 6.09 Å². The first-order valence-corrected chi connectivity index (χ1v) is 13.1. The third-order valence-corrected chi connectivity index (χ3v) is 6.80. The smallest absolute Gasteiger partial charge is 0.405 e. The van der Waals surface area contributed by atoms with Crippen molar-refractivity contribution in [3.63, 3.8) is 0 Å². The molecule has 218 valence electrons. The first-order chi connectivity index (χ1) is 18.7. The van der Waals surface area contributed by atoms with Gasteiger partial charge in [0.15, 0.2) is 6.10 Å². The highest BCUT2D eigenvalue weighted by Crippen LogP contribution is 2.27. The summed E-state index contributed by atoms with van der Waals surface area (Å²) in [5.74, 6) is -2.77. The van der Waals surface area contributed by atoms with Crippen molar-refractivity contribution in [3.8, 4) is 0 Å². The Morgan fingerprint density at radius 2 is 1.82 bits per heavy atom. The minimum absolute atomic E-state index is 0.0950. The van der Waals surface area contributed by atoms with Crippen LogP contribution in [-0.4, -0.2) is 60.0 Å². The Kier molecular flexibility index (Phi) is 11.8. The molecule has 40 heavy (non-hydrogen) atoms. The zero-order valence-electron chi connectivity index (χ0n) is 23.8. The summed E-state index contributed by atoms with van der Waals surface area (Å²) in [6.45, 7) is 8.19. The molecule has 1 aliphatic heterocycles. The Morgan fingerprint density at radius 3 is 2.42 bits per heavy atom. The lowest BCUT2D eigenvalue weighted by molar-refractivity contribution is -0.122. The topological polar surface area (TPSA) is 174 Å². The second-order valence-corrected chi connectivity index (χ2v) is 10.3. The lowest BCUT2D eigenvalue weighted by atomic mass is 9.86. The van der Waals surface area contributed by atoms with E-state index in [2.05, 4.69) is 10.6 Å². The number of hydrogen-bond donors (Lipinski definition) is 4. The molecule has 5 atom stereocenters. The molecule has 2 bridgehead atoms. The van der Waals surface area contributed by atoms with E-state index in [-0.39, 0.29) is 40.8 Å². The Labute approximate surface area is 234 Å². The van der Waals surface area contributed by atoms with Crippen molar-refractivity contribution >= 4 is 29.5 Å². The second kappa shape index (κ2) is 14.5. The summed E-state index contributed by atoms with van der Waals surface area (Å²) in [6, 6.07) is 0. The van der Waals surface area contributed by atoms with Gasteiger partial charge in [-0.25, -0.2) is 4.79 Å². The van der Waals surface area contributed by atoms with E-state index in [1.54, 1.807) is 19.1 Å². The largest absolute Gasteiger partial charge is 0.439 e. The molecule has 5 N–H and O–H groups in total. The van der Waals surface area contributed by atoms with Crippen LogP contribution in [0.25, 0.3) is 0 Å². The number of ether oxygens (including phenoxy) is 2. The van der Waals surface area contributed by atoms with Crippen LogP contribution in [0.3, 0.4) is 0 Å². The third-order valence-electron chi connectivity index (χ3n) is 6.80. The number of methoxy groups -OCH3 is 1. The van der Waals surface area contributed by atoms with E-state index in [0.29, 0.717) is 18.4 Å². The Morgan fingerprint density at radius 1 is 1.15 bits per heavy atom. The maximum Gasteiger partial charge on any atom is 0.405 e. The van der Waals surface area contributed by atoms with Gasteiger partial charge in [0.2, 0.25) is 17.5 Å². The van der Waals surface area contributed by atoms with Crippen LogP contribution in [0.15, 0.2) is 58.5 Å². The van der Waals surface area contributed by atoms with Gasteiger partial charge in [-0.1, -0.05) is 38.2 Å². The monoisotopic (exact) mass is 557 g/mol. The van der Waals surface area contributed by atoms with Crippen LogP contribution in [0.5, 0.6) is 0 Å². The first kappa shape index (κ1) is 32.4. The molecule has 0 spiro atoms. The summed E-state index contributed by atoms with van der Waals surface area (Å²) >= 11 is 0. The number of carbonyl (C=O) groups excluding carboxylic acids is 5. The zero-order valence-corrected chi connectivity index (χ0v) is 23.8. The second-order valence-electron chi connectivity index (χ2n) is 10.3. The van der Waals surface area contributed by atoms with Gasteiger partial charge in [0.1, 0.15) is 6.10 Å². The van der Waals surface area contributed by atoms with E-state index in [1.165, 1.54) is 33.1 Å². The number of nitrogens with two attached hydrogens (primary N) is 1. The molecule has 2 aliphatic rings. The van der Waals surface area contributed by atoms with Crippen molar-refractivity contribution in [3.05, 3.63) is 58.5 Å². The van der Waals surface area contributed by atoms with E-state index < -0.39 is 47.8 Å². The minimum Gasteiger partial charge on any atom is -0.439 e. The van der Waals surface area contributed by atoms with Crippen molar-refractivity contribution in [2.24, 2.45) is 17.6 Å². The molecule has 0 saturated heterocycles. The van der Waals surface area contributed by atoms with Crippen molar-refractivity contribution in [2.45, 2.75) is 72.2 Å². The van der Waals surface area contributed by atoms with Crippen molar-refractivity contribution in [1.29, 1.82) is 0 Å². The molecule has 1 aliphatic carbocycles. The van der Waals surface area contributed by atoms with Crippen LogP contribution >= 0.6 is 0 Å². The summed E-state index contributed by atoms with van der Waals surface area (Å²) in [5.41, 5.74) is 5.92. The molecule has 11 heteroatoms. The number of fused-ring (bicyclic) bond motifs is 2. The zero-order chi connectivity index (χ0) is 30.1. The van der Waals surface area contributed by atoms with Crippen molar-refractivity contribution in [1.82, 2.24) is 10.6 Å². The summed E-state index contributed by atoms with van der Waals surface area (Å²) < 4.78 is 10.8. The normalized spacial score (nSPS) is 30.7. The number of amides is 3. The van der Waals surface area contributed by atoms with Gasteiger partial charge in [-0.3, -0.25) is 19.2 Å². The minimum atomic E-state index is -0.994. The molecule has 0 fully saturated rings. The Bertz CT molecular complexity index is 1190. The predicted octanol–water partition coefficient (Wildman–Crippen LogP) is 2.27. The molecule has 3 amide bonds. The average molecular weight is 558 g/mol. The molecular weight excluding hydrogens is 518 g/mol. The van der Waals surface area contributed by atoms with E-state index in [1.807, 2.05) is 13.8 Å². The van der Waals surface area contributed by atoms with Crippen LogP contribution in [0, 0.1) is 11.8 Å². The number of primary amides is 1. The SMILES string of the molecule is CO[C@H]1/C=C\C=C(/C)C(=O)NC2=CC(=O)C(NC(C)=O)=C(C[C@@H](C)CC[C@H](O)[C@@H](C)/C=C(\C)[C@@H]1OC(N)=O)C2=O. The summed E-state index contributed by atoms with van der Waals surface area (Å²) in [5, 5.41) is 15.8. The highest BCUT2D eigenvalue weighted by atomic mass is 16.6. The van der Waals surface area contributed by atoms with Crippen LogP contribution in [0.4, 0.5) is 4.79 Å². The van der Waals surface area contributed by atoms with Crippen LogP contribution in [-0.2, 0) is 28.7 Å². The van der Waals surface area contributed by atoms with E-state index in [0.717, 1.165) is 6.08 Å². The molecule has 1 heterocycles. The molecule has 0 aromatic carbocycles. The van der Waals surface area contributed by atoms with E-state index >= 15 is 0 Å². The highest BCUT2D eigenvalue weighted by molar-refractivity contribution is 6.24. The number of allylic oxidation sites excluding steroid dienone is 4. The maximum atomic E-state index is 13.4. The maximum absolute atomic E-state index is 13.4. The van der Waals surface area contributed by atoms with E-state index in [4.69, 9.17) is 15.2 Å². The number of carbonyl (C=O) groups is 5. The lowest BCUT2D eigenvalue weighted by Gasteiger charge is -2.26. The van der Waals surface area contributed by atoms with Gasteiger partial charge < -0.3 is 30.9 Å². The molecule has 0 aromatic heterocycles. The number of nitrogens with one attached hydrogen (secondary N) is 2. The number of aliphatic hydroxyl groups is 1. The predicted molar refractivity (Wildman–Crippen MR) is 147 cm³/mol. The first-order valence-electron chi connectivity index (χ1n) is 13.1. The number of hydrogen-bond acceptors (Lipinski definition) is 8. The number of Topliss-reactive ketones (excluding diaryl/α,β-unsaturated/α-hetero) is 1. The summed E-state index contributed by atoms with van der Waals surface area (Å²) in [4.78, 5) is 62.5. The Balaban J connectivity index is 2.55. The van der Waals surface area contributed by atoms with Crippen LogP contribution in [0.2, 0.25) is 0 Å². The van der Waals surface area contributed by atoms with Gasteiger partial charge in [0.25, 0.3) is 5.91 Å². The van der Waals surface area contributed by atoms with Crippen molar-refractivity contribution < 1.29 is 38.6 Å². The van der Waals surface area contributed by atoms with Crippen molar-refractivity contribution in [2.75, 3.05) is 7.11 Å². The van der Waals surface area contributed by atoms with Gasteiger partial charge in [0.05, 0.1) is 17.5 Å². The molecule has 0 radical (unpaired) electrons. The molecule has 11 nitrogen and oxygen atoms in total. The molecule has 0 saturated carbocycles. The van der Waals surface area contributed by atoms with E-state index in [9.17, 15) is 29.1 Å². The lowest BCUT2D eigenvalue weighted by Crippen LogP contribution is -2.37. The average Bonchev–Trinajstić information content (AvgIpc) is 2.87. The van der Waals surface area contributed by atoms with Gasteiger partial charge in [0, 0.05) is 37.2 Å². The summed E-state index contributed by atoms with van der Waals surface area (Å²) in [6.07, 6.45) is 4.96. The number of aliphatic hydroxyl groups excluding tert-OH is 1. The number of rotatable bonds is 3. The molecular formula is C29H39N3O8. The molecule has 0 aromatic rings. The molecule has 0 unspecified atom stereocenters. The Hall–Kier alpha value is -3.83. The summed E-state index contributed by atoms with van der Waals surface area (Å²) in [7, 11) is 1.43. The molecule has 2 rings (SSSR count). The fourth-order valence-corrected chi connectivity index (χ4v) is 4.54. The fourth-order valence-electron chi connectivity index (χ4n) is 4.54. The van der Waals surface area contributed by atoms with Gasteiger partial charge in [-0.05, 0) is 44.6 Å². The fraction of sp³-hybridized carbons (Fsp3) is 0.483. The van der Waals surface area contributed by atoms with Crippen LogP contribution in [0.1, 0.15) is 53.9 Å². The van der Waals surface area contributed by atoms with Crippen LogP contribution < -0.4 is 16.4 Å². The number of ketones is 2.